The summed E-state index contributed by atoms with van der Waals surface area (Å²) < 4.78 is 0. The van der Waals surface area contributed by atoms with Crippen molar-refractivity contribution in [3.8, 4) is 0 Å². The molecule has 2 aromatic rings. The third-order valence-electron chi connectivity index (χ3n) is 5.27. The van der Waals surface area contributed by atoms with E-state index in [-0.39, 0.29) is 6.10 Å². The molecule has 1 saturated heterocycles. The van der Waals surface area contributed by atoms with Crippen molar-refractivity contribution in [3.05, 3.63) is 46.6 Å². The number of anilines is 2. The predicted molar refractivity (Wildman–Crippen MR) is 103 cm³/mol. The van der Waals surface area contributed by atoms with Gasteiger partial charge >= 0.3 is 0 Å². The Morgan fingerprint density at radius 2 is 1.88 bits per heavy atom. The van der Waals surface area contributed by atoms with Gasteiger partial charge in [-0.15, -0.1) is 0 Å². The van der Waals surface area contributed by atoms with Gasteiger partial charge in [0, 0.05) is 49.7 Å². The Balaban J connectivity index is 1.38. The van der Waals surface area contributed by atoms with Crippen LogP contribution >= 0.6 is 11.6 Å². The number of aliphatic hydroxyl groups excluding tert-OH is 1. The number of benzene rings is 1. The largest absolute Gasteiger partial charge is 0.393 e. The molecule has 6 nitrogen and oxygen atoms in total. The summed E-state index contributed by atoms with van der Waals surface area (Å²) >= 11 is 6.08. The lowest BCUT2D eigenvalue weighted by Gasteiger charge is -2.36. The first-order valence-corrected chi connectivity index (χ1v) is 9.49. The van der Waals surface area contributed by atoms with Crippen molar-refractivity contribution >= 4 is 23.4 Å². The Labute approximate surface area is 158 Å². The smallest absolute Gasteiger partial charge is 0.222 e. The van der Waals surface area contributed by atoms with E-state index in [0.29, 0.717) is 11.9 Å². The number of hydrogen-bond donors (Lipinski definition) is 2. The number of aliphatic hydroxyl groups is 1. The van der Waals surface area contributed by atoms with Gasteiger partial charge in [-0.1, -0.05) is 23.7 Å². The Bertz CT molecular complexity index is 772. The summed E-state index contributed by atoms with van der Waals surface area (Å²) in [6.45, 7) is 4.65. The quantitative estimate of drug-likeness (QED) is 0.856. The second kappa shape index (κ2) is 7.39. The molecule has 0 spiro atoms. The van der Waals surface area contributed by atoms with E-state index in [1.165, 1.54) is 5.56 Å². The van der Waals surface area contributed by atoms with E-state index in [2.05, 4.69) is 25.8 Å². The highest BCUT2D eigenvalue weighted by molar-refractivity contribution is 6.30. The van der Waals surface area contributed by atoms with E-state index < -0.39 is 0 Å². The molecule has 7 heteroatoms. The molecule has 3 N–H and O–H groups in total. The maximum atomic E-state index is 9.54. The second-order valence-electron chi connectivity index (χ2n) is 7.22. The summed E-state index contributed by atoms with van der Waals surface area (Å²) in [5.74, 6) is 1.52. The summed E-state index contributed by atoms with van der Waals surface area (Å²) in [5.41, 5.74) is 8.12. The fourth-order valence-electron chi connectivity index (χ4n) is 3.70. The molecule has 4 rings (SSSR count). The Hall–Kier alpha value is -1.89. The predicted octanol–water partition coefficient (Wildman–Crippen LogP) is 2.27. The zero-order valence-electron chi connectivity index (χ0n) is 14.7. The van der Waals surface area contributed by atoms with Crippen molar-refractivity contribution in [2.45, 2.75) is 31.4 Å². The number of hydrogen-bond acceptors (Lipinski definition) is 6. The van der Waals surface area contributed by atoms with Gasteiger partial charge in [-0.25, -0.2) is 4.98 Å². The van der Waals surface area contributed by atoms with Gasteiger partial charge in [-0.2, -0.15) is 4.98 Å². The van der Waals surface area contributed by atoms with Crippen LogP contribution in [0, 0.1) is 0 Å². The topological polar surface area (TPSA) is 78.5 Å². The van der Waals surface area contributed by atoms with Crippen LogP contribution in [0.4, 0.5) is 11.8 Å². The maximum Gasteiger partial charge on any atom is 0.222 e. The van der Waals surface area contributed by atoms with Crippen molar-refractivity contribution in [2.75, 3.05) is 36.8 Å². The first-order chi connectivity index (χ1) is 12.6. The molecule has 26 heavy (non-hydrogen) atoms. The van der Waals surface area contributed by atoms with Gasteiger partial charge in [0.25, 0.3) is 0 Å². The first kappa shape index (κ1) is 17.5. The van der Waals surface area contributed by atoms with Crippen LogP contribution in [0.15, 0.2) is 30.3 Å². The number of nitrogens with zero attached hydrogens (tertiary/aromatic N) is 4. The number of piperazine rings is 1. The van der Waals surface area contributed by atoms with E-state index in [1.807, 2.05) is 24.3 Å². The van der Waals surface area contributed by atoms with Crippen LogP contribution in [-0.4, -0.2) is 52.3 Å². The zero-order valence-corrected chi connectivity index (χ0v) is 15.4. The van der Waals surface area contributed by atoms with Crippen LogP contribution in [0.5, 0.6) is 0 Å². The van der Waals surface area contributed by atoms with E-state index in [9.17, 15) is 5.11 Å². The van der Waals surface area contributed by atoms with Crippen molar-refractivity contribution in [3.63, 3.8) is 0 Å². The van der Waals surface area contributed by atoms with E-state index >= 15 is 0 Å². The molecular formula is C19H24ClN5O. The lowest BCUT2D eigenvalue weighted by atomic mass is 9.80. The van der Waals surface area contributed by atoms with Crippen LogP contribution in [0.25, 0.3) is 0 Å². The summed E-state index contributed by atoms with van der Waals surface area (Å²) in [5, 5.41) is 10.3. The average molecular weight is 374 g/mol. The van der Waals surface area contributed by atoms with Crippen molar-refractivity contribution in [1.29, 1.82) is 0 Å². The molecule has 1 aliphatic carbocycles. The number of nitrogen functional groups attached to an aromatic ring is 1. The fraction of sp³-hybridized carbons (Fsp3) is 0.474. The minimum absolute atomic E-state index is 0.199. The molecule has 0 amide bonds. The minimum Gasteiger partial charge on any atom is -0.393 e. The second-order valence-corrected chi connectivity index (χ2v) is 7.66. The Kier molecular flexibility index (Phi) is 4.98. The summed E-state index contributed by atoms with van der Waals surface area (Å²) in [6, 6.07) is 10.1. The molecule has 138 valence electrons. The number of aromatic nitrogens is 2. The summed E-state index contributed by atoms with van der Waals surface area (Å²) in [7, 11) is 0. The molecular weight excluding hydrogens is 350 g/mol. The van der Waals surface area contributed by atoms with Gasteiger partial charge < -0.3 is 15.7 Å². The van der Waals surface area contributed by atoms with Gasteiger partial charge in [0.2, 0.25) is 5.95 Å². The van der Waals surface area contributed by atoms with Crippen molar-refractivity contribution < 1.29 is 5.11 Å². The standard InChI is InChI=1S/C19H24ClN5O/c20-15-3-1-2-13(8-15)12-24-4-6-25(7-5-24)18-11-17(22-19(21)23-18)14-9-16(26)10-14/h1-3,8,11,14,16,26H,4-7,9-10,12H2,(H2,21,22,23). The van der Waals surface area contributed by atoms with Gasteiger partial charge in [0.15, 0.2) is 0 Å². The lowest BCUT2D eigenvalue weighted by molar-refractivity contribution is 0.0732. The van der Waals surface area contributed by atoms with Crippen LogP contribution in [0.3, 0.4) is 0 Å². The van der Waals surface area contributed by atoms with Crippen molar-refractivity contribution in [2.24, 2.45) is 0 Å². The van der Waals surface area contributed by atoms with Crippen molar-refractivity contribution in [1.82, 2.24) is 14.9 Å². The molecule has 1 saturated carbocycles. The molecule has 0 unspecified atom stereocenters. The average Bonchev–Trinajstić information content (AvgIpc) is 2.59. The molecule has 0 atom stereocenters. The van der Waals surface area contributed by atoms with E-state index in [4.69, 9.17) is 17.3 Å². The molecule has 0 radical (unpaired) electrons. The van der Waals surface area contributed by atoms with E-state index in [0.717, 1.165) is 62.1 Å². The third kappa shape index (κ3) is 3.92. The van der Waals surface area contributed by atoms with Crippen LogP contribution in [-0.2, 0) is 6.54 Å². The molecule has 2 heterocycles. The minimum atomic E-state index is -0.199. The highest BCUT2D eigenvalue weighted by atomic mass is 35.5. The van der Waals surface area contributed by atoms with Gasteiger partial charge in [-0.05, 0) is 30.5 Å². The monoisotopic (exact) mass is 373 g/mol. The molecule has 0 bridgehead atoms. The highest BCUT2D eigenvalue weighted by Crippen LogP contribution is 2.37. The Morgan fingerprint density at radius 1 is 1.12 bits per heavy atom. The molecule has 1 aliphatic heterocycles. The summed E-state index contributed by atoms with van der Waals surface area (Å²) in [4.78, 5) is 13.5. The maximum absolute atomic E-state index is 9.54. The molecule has 2 aliphatic rings. The highest BCUT2D eigenvalue weighted by Gasteiger charge is 2.31. The zero-order chi connectivity index (χ0) is 18.1. The molecule has 1 aromatic heterocycles. The summed E-state index contributed by atoms with van der Waals surface area (Å²) in [6.07, 6.45) is 1.33. The number of rotatable bonds is 4. The lowest BCUT2D eigenvalue weighted by Crippen LogP contribution is -2.46. The molecule has 1 aromatic carbocycles. The third-order valence-corrected chi connectivity index (χ3v) is 5.51. The Morgan fingerprint density at radius 3 is 2.58 bits per heavy atom. The van der Waals surface area contributed by atoms with Crippen LogP contribution < -0.4 is 10.6 Å². The van der Waals surface area contributed by atoms with Gasteiger partial charge in [0.1, 0.15) is 5.82 Å². The molecule has 2 fully saturated rings. The SMILES string of the molecule is Nc1nc(C2CC(O)C2)cc(N2CCN(Cc3cccc(Cl)c3)CC2)n1. The van der Waals surface area contributed by atoms with Gasteiger partial charge in [-0.3, -0.25) is 4.90 Å². The normalized spacial score (nSPS) is 23.7. The van der Waals surface area contributed by atoms with Crippen LogP contribution in [0.1, 0.15) is 30.0 Å². The van der Waals surface area contributed by atoms with Crippen LogP contribution in [0.2, 0.25) is 5.02 Å². The number of nitrogens with two attached hydrogens (primary N) is 1. The van der Waals surface area contributed by atoms with E-state index in [1.54, 1.807) is 0 Å². The number of halogens is 1. The fourth-order valence-corrected chi connectivity index (χ4v) is 3.91. The van der Waals surface area contributed by atoms with Gasteiger partial charge in [0.05, 0.1) is 11.8 Å². The first-order valence-electron chi connectivity index (χ1n) is 9.11.